The molecule has 2 aromatic heterocycles. The zero-order valence-corrected chi connectivity index (χ0v) is 20.0. The van der Waals surface area contributed by atoms with Gasteiger partial charge in [0.15, 0.2) is 5.65 Å². The highest BCUT2D eigenvalue weighted by Crippen LogP contribution is 2.32. The summed E-state index contributed by atoms with van der Waals surface area (Å²) in [6, 6.07) is 4.25. The number of aryl methyl sites for hydroxylation is 2. The van der Waals surface area contributed by atoms with E-state index in [4.69, 9.17) is 0 Å². The third kappa shape index (κ3) is 6.01. The molecule has 0 bridgehead atoms. The number of anilines is 1. The Morgan fingerprint density at radius 3 is 2.52 bits per heavy atom. The van der Waals surface area contributed by atoms with Gasteiger partial charge in [0.25, 0.3) is 0 Å². The molecule has 0 saturated carbocycles. The molecule has 0 saturated heterocycles. The van der Waals surface area contributed by atoms with E-state index in [0.717, 1.165) is 31.9 Å². The summed E-state index contributed by atoms with van der Waals surface area (Å²) in [6.45, 7) is 6.17. The number of sulfone groups is 1. The molecule has 0 unspecified atom stereocenters. The van der Waals surface area contributed by atoms with Crippen molar-refractivity contribution in [3.05, 3.63) is 41.5 Å². The Balaban J connectivity index is 1.89. The molecule has 0 aliphatic rings. The van der Waals surface area contributed by atoms with Crippen LogP contribution < -0.4 is 10.6 Å². The molecule has 3 aromatic rings. The Hall–Kier alpha value is -3.14. The Kier molecular flexibility index (Phi) is 7.57. The van der Waals surface area contributed by atoms with Gasteiger partial charge >= 0.3 is 6.03 Å². The first-order valence-electron chi connectivity index (χ1n) is 10.8. The van der Waals surface area contributed by atoms with Crippen LogP contribution in [0.1, 0.15) is 43.9 Å². The lowest BCUT2D eigenvalue weighted by Gasteiger charge is -2.14. The average Bonchev–Trinajstić information content (AvgIpc) is 2.74. The van der Waals surface area contributed by atoms with Crippen molar-refractivity contribution < 1.29 is 17.6 Å². The minimum absolute atomic E-state index is 0.0600. The lowest BCUT2D eigenvalue weighted by atomic mass is 9.97. The molecule has 8 nitrogen and oxygen atoms in total. The summed E-state index contributed by atoms with van der Waals surface area (Å²) in [5, 5.41) is 5.59. The van der Waals surface area contributed by atoms with Gasteiger partial charge in [0.2, 0.25) is 15.0 Å². The number of urea groups is 1. The van der Waals surface area contributed by atoms with Crippen molar-refractivity contribution in [2.45, 2.75) is 51.6 Å². The molecule has 0 aliphatic carbocycles. The van der Waals surface area contributed by atoms with Crippen LogP contribution in [-0.2, 0) is 9.84 Å². The number of rotatable bonds is 8. The number of nitrogens with zero attached hydrogens (tertiary/aromatic N) is 3. The van der Waals surface area contributed by atoms with Gasteiger partial charge in [-0.15, -0.1) is 0 Å². The fourth-order valence-electron chi connectivity index (χ4n) is 3.47. The van der Waals surface area contributed by atoms with E-state index in [-0.39, 0.29) is 16.5 Å². The van der Waals surface area contributed by atoms with Gasteiger partial charge in [0, 0.05) is 35.6 Å². The summed E-state index contributed by atoms with van der Waals surface area (Å²) in [4.78, 5) is 24.6. The Morgan fingerprint density at radius 1 is 1.06 bits per heavy atom. The van der Waals surface area contributed by atoms with Crippen LogP contribution in [0, 0.1) is 19.7 Å². The van der Waals surface area contributed by atoms with Crippen molar-refractivity contribution in [1.82, 2.24) is 20.3 Å². The minimum atomic E-state index is -3.56. The van der Waals surface area contributed by atoms with E-state index in [1.165, 1.54) is 12.3 Å². The molecule has 1 aromatic carbocycles. The number of benzene rings is 1. The molecule has 2 amide bonds. The van der Waals surface area contributed by atoms with Crippen molar-refractivity contribution in [2.75, 3.05) is 18.1 Å². The van der Waals surface area contributed by atoms with E-state index in [0.29, 0.717) is 34.3 Å². The zero-order chi connectivity index (χ0) is 24.2. The van der Waals surface area contributed by atoms with Gasteiger partial charge in [-0.05, 0) is 49.6 Å². The van der Waals surface area contributed by atoms with Crippen molar-refractivity contribution >= 4 is 32.6 Å². The molecule has 0 spiro atoms. The summed E-state index contributed by atoms with van der Waals surface area (Å²) >= 11 is 0. The highest BCUT2D eigenvalue weighted by Gasteiger charge is 2.17. The SMILES string of the molecule is CCCCCCNC(=O)Nc1cc(-c2cc3cnc(S(C)(=O)=O)nc3nc2C)c(C)cc1F. The molecule has 0 atom stereocenters. The molecular weight excluding hydrogens is 445 g/mol. The number of amides is 2. The number of aromatic nitrogens is 3. The molecule has 0 radical (unpaired) electrons. The molecule has 2 heterocycles. The third-order valence-corrected chi connectivity index (χ3v) is 6.10. The first-order valence-corrected chi connectivity index (χ1v) is 12.7. The Bertz CT molecular complexity index is 1290. The summed E-state index contributed by atoms with van der Waals surface area (Å²) in [5.41, 5.74) is 2.96. The lowest BCUT2D eigenvalue weighted by molar-refractivity contribution is 0.251. The second kappa shape index (κ2) is 10.2. The highest BCUT2D eigenvalue weighted by atomic mass is 32.2. The number of carbonyl (C=O) groups excluding carboxylic acids is 1. The quantitative estimate of drug-likeness (QED) is 0.366. The molecule has 2 N–H and O–H groups in total. The van der Waals surface area contributed by atoms with Crippen molar-refractivity contribution in [3.63, 3.8) is 0 Å². The van der Waals surface area contributed by atoms with E-state index in [9.17, 15) is 17.6 Å². The fraction of sp³-hybridized carbons (Fsp3) is 0.391. The standard InChI is InChI=1S/C23H28FN5O3S/c1-5-6-7-8-9-25-22(30)28-20-12-17(14(2)10-19(20)24)18-11-16-13-26-23(33(4,31)32)29-21(16)27-15(18)3/h10-13H,5-9H2,1-4H3,(H2,25,28,30). The van der Waals surface area contributed by atoms with E-state index >= 15 is 0 Å². The first kappa shape index (κ1) is 24.5. The number of hydrogen-bond donors (Lipinski definition) is 2. The smallest absolute Gasteiger partial charge is 0.319 e. The Morgan fingerprint density at radius 2 is 1.82 bits per heavy atom. The van der Waals surface area contributed by atoms with Crippen molar-refractivity contribution in [3.8, 4) is 11.1 Å². The summed E-state index contributed by atoms with van der Waals surface area (Å²) in [5.74, 6) is -0.537. The third-order valence-electron chi connectivity index (χ3n) is 5.24. The second-order valence-electron chi connectivity index (χ2n) is 8.05. The normalized spacial score (nSPS) is 11.5. The Labute approximate surface area is 193 Å². The number of pyridine rings is 1. The molecule has 0 aliphatic heterocycles. The van der Waals surface area contributed by atoms with E-state index in [2.05, 4.69) is 32.5 Å². The van der Waals surface area contributed by atoms with Gasteiger partial charge in [-0.1, -0.05) is 26.2 Å². The highest BCUT2D eigenvalue weighted by molar-refractivity contribution is 7.90. The van der Waals surface area contributed by atoms with Gasteiger partial charge in [0.05, 0.1) is 5.69 Å². The van der Waals surface area contributed by atoms with Crippen molar-refractivity contribution in [2.24, 2.45) is 0 Å². The van der Waals surface area contributed by atoms with Gasteiger partial charge in [-0.2, -0.15) is 4.98 Å². The van der Waals surface area contributed by atoms with Crippen LogP contribution in [0.3, 0.4) is 0 Å². The van der Waals surface area contributed by atoms with Gasteiger partial charge in [-0.25, -0.2) is 27.6 Å². The minimum Gasteiger partial charge on any atom is -0.338 e. The number of hydrogen-bond acceptors (Lipinski definition) is 6. The number of carbonyl (C=O) groups is 1. The van der Waals surface area contributed by atoms with Gasteiger partial charge < -0.3 is 10.6 Å². The predicted octanol–water partition coefficient (Wildman–Crippen LogP) is 4.55. The van der Waals surface area contributed by atoms with E-state index in [1.807, 2.05) is 0 Å². The number of nitrogens with one attached hydrogen (secondary N) is 2. The fourth-order valence-corrected chi connectivity index (χ4v) is 3.96. The summed E-state index contributed by atoms with van der Waals surface area (Å²) in [7, 11) is -3.56. The van der Waals surface area contributed by atoms with E-state index < -0.39 is 21.7 Å². The van der Waals surface area contributed by atoms with Crippen LogP contribution in [-0.4, -0.2) is 42.2 Å². The maximum absolute atomic E-state index is 14.6. The molecule has 3 rings (SSSR count). The van der Waals surface area contributed by atoms with Crippen LogP contribution in [0.15, 0.2) is 29.6 Å². The van der Waals surface area contributed by atoms with Crippen molar-refractivity contribution in [1.29, 1.82) is 0 Å². The van der Waals surface area contributed by atoms with Crippen LogP contribution >= 0.6 is 0 Å². The average molecular weight is 474 g/mol. The molecule has 176 valence electrons. The molecule has 0 fully saturated rings. The molecule has 33 heavy (non-hydrogen) atoms. The molecular formula is C23H28FN5O3S. The molecule has 10 heteroatoms. The predicted molar refractivity (Wildman–Crippen MR) is 126 cm³/mol. The van der Waals surface area contributed by atoms with E-state index in [1.54, 1.807) is 26.0 Å². The van der Waals surface area contributed by atoms with Crippen LogP contribution in [0.4, 0.5) is 14.9 Å². The topological polar surface area (TPSA) is 114 Å². The second-order valence-corrected chi connectivity index (χ2v) is 9.96. The largest absolute Gasteiger partial charge is 0.338 e. The van der Waals surface area contributed by atoms with Gasteiger partial charge in [-0.3, -0.25) is 0 Å². The maximum Gasteiger partial charge on any atom is 0.319 e. The lowest BCUT2D eigenvalue weighted by Crippen LogP contribution is -2.29. The first-order chi connectivity index (χ1) is 15.6. The number of halogens is 1. The summed E-state index contributed by atoms with van der Waals surface area (Å²) < 4.78 is 38.0. The maximum atomic E-state index is 14.6. The monoisotopic (exact) mass is 473 g/mol. The summed E-state index contributed by atoms with van der Waals surface area (Å²) in [6.07, 6.45) is 6.56. The zero-order valence-electron chi connectivity index (χ0n) is 19.2. The van der Waals surface area contributed by atoms with Crippen LogP contribution in [0.25, 0.3) is 22.2 Å². The van der Waals surface area contributed by atoms with Gasteiger partial charge in [0.1, 0.15) is 5.82 Å². The number of unbranched alkanes of at least 4 members (excludes halogenated alkanes) is 3. The van der Waals surface area contributed by atoms with Crippen LogP contribution in [0.5, 0.6) is 0 Å². The van der Waals surface area contributed by atoms with Crippen LogP contribution in [0.2, 0.25) is 0 Å². The number of fused-ring (bicyclic) bond motifs is 1.